The third kappa shape index (κ3) is 8.83. The molecule has 0 radical (unpaired) electrons. The van der Waals surface area contributed by atoms with Crippen LogP contribution in [-0.2, 0) is 14.2 Å². The van der Waals surface area contributed by atoms with Crippen molar-refractivity contribution in [1.82, 2.24) is 10.6 Å². The predicted molar refractivity (Wildman–Crippen MR) is 121 cm³/mol. The molecule has 27 heavy (non-hydrogen) atoms. The number of hydrogen-bond acceptors (Lipinski definition) is 4. The molecule has 2 rings (SSSR count). The molecule has 2 N–H and O–H groups in total. The third-order valence-electron chi connectivity index (χ3n) is 4.98. The monoisotopic (exact) mass is 497 g/mol. The number of aliphatic imine (C=N–C) groups is 1. The first kappa shape index (κ1) is 24.9. The molecule has 0 aromatic heterocycles. The second-order valence-corrected chi connectivity index (χ2v) is 8.64. The molecule has 2 fully saturated rings. The second kappa shape index (κ2) is 12.4. The van der Waals surface area contributed by atoms with E-state index in [9.17, 15) is 0 Å². The fourth-order valence-electron chi connectivity index (χ4n) is 3.72. The molecule has 2 aliphatic heterocycles. The Morgan fingerprint density at radius 1 is 1.26 bits per heavy atom. The fraction of sp³-hybridized carbons (Fsp3) is 0.950. The molecule has 7 heteroatoms. The molecule has 0 spiro atoms. The zero-order chi connectivity index (χ0) is 19.0. The molecule has 0 amide bonds. The van der Waals surface area contributed by atoms with Crippen LogP contribution in [0.5, 0.6) is 0 Å². The largest absolute Gasteiger partial charge is 0.379 e. The first-order valence-corrected chi connectivity index (χ1v) is 10.3. The SMILES string of the molecule is CCNC(=NCC1CCCOC1C(C)(C)C)NC(C)COC1CCOC1.I. The molecule has 2 heterocycles. The van der Waals surface area contributed by atoms with Gasteiger partial charge in [0.15, 0.2) is 5.96 Å². The Balaban J connectivity index is 0.00000364. The Morgan fingerprint density at radius 3 is 2.67 bits per heavy atom. The Hall–Kier alpha value is -0.120. The van der Waals surface area contributed by atoms with E-state index in [1.54, 1.807) is 0 Å². The van der Waals surface area contributed by atoms with Gasteiger partial charge in [-0.2, -0.15) is 0 Å². The molecule has 0 aromatic rings. The van der Waals surface area contributed by atoms with Gasteiger partial charge in [0.25, 0.3) is 0 Å². The van der Waals surface area contributed by atoms with E-state index in [2.05, 4.69) is 45.3 Å². The average molecular weight is 497 g/mol. The second-order valence-electron chi connectivity index (χ2n) is 8.64. The van der Waals surface area contributed by atoms with E-state index < -0.39 is 0 Å². The summed E-state index contributed by atoms with van der Waals surface area (Å²) in [5, 5.41) is 6.82. The first-order chi connectivity index (χ1) is 12.4. The lowest BCUT2D eigenvalue weighted by atomic mass is 9.78. The minimum absolute atomic E-state index is 0. The van der Waals surface area contributed by atoms with Crippen LogP contribution in [0.3, 0.4) is 0 Å². The van der Waals surface area contributed by atoms with Gasteiger partial charge in [-0.25, -0.2) is 0 Å². The van der Waals surface area contributed by atoms with Crippen LogP contribution >= 0.6 is 24.0 Å². The van der Waals surface area contributed by atoms with Gasteiger partial charge in [0.1, 0.15) is 0 Å². The van der Waals surface area contributed by atoms with E-state index in [0.29, 0.717) is 12.5 Å². The molecular formula is C20H40IN3O3. The van der Waals surface area contributed by atoms with Gasteiger partial charge < -0.3 is 24.8 Å². The Morgan fingerprint density at radius 2 is 2.04 bits per heavy atom. The van der Waals surface area contributed by atoms with Gasteiger partial charge in [0.2, 0.25) is 0 Å². The van der Waals surface area contributed by atoms with Gasteiger partial charge in [-0.1, -0.05) is 20.8 Å². The lowest BCUT2D eigenvalue weighted by molar-refractivity contribution is -0.0823. The molecule has 0 bridgehead atoms. The summed E-state index contributed by atoms with van der Waals surface area (Å²) in [5.41, 5.74) is 0.150. The number of hydrogen-bond donors (Lipinski definition) is 2. The quantitative estimate of drug-likeness (QED) is 0.322. The maximum absolute atomic E-state index is 6.08. The average Bonchev–Trinajstić information content (AvgIpc) is 3.11. The normalized spacial score (nSPS) is 27.7. The first-order valence-electron chi connectivity index (χ1n) is 10.3. The van der Waals surface area contributed by atoms with Crippen LogP contribution in [-0.4, -0.2) is 63.7 Å². The topological polar surface area (TPSA) is 64.1 Å². The number of nitrogens with zero attached hydrogens (tertiary/aromatic N) is 1. The van der Waals surface area contributed by atoms with Gasteiger partial charge >= 0.3 is 0 Å². The molecule has 4 atom stereocenters. The summed E-state index contributed by atoms with van der Waals surface area (Å²) in [6.45, 7) is 15.7. The minimum Gasteiger partial charge on any atom is -0.379 e. The van der Waals surface area contributed by atoms with Crippen LogP contribution in [0.15, 0.2) is 4.99 Å². The molecule has 160 valence electrons. The molecule has 0 aliphatic carbocycles. The molecule has 2 saturated heterocycles. The van der Waals surface area contributed by atoms with Crippen LogP contribution in [0, 0.1) is 11.3 Å². The van der Waals surface area contributed by atoms with Crippen molar-refractivity contribution in [2.45, 2.75) is 72.1 Å². The molecule has 6 nitrogen and oxygen atoms in total. The number of nitrogens with one attached hydrogen (secondary N) is 2. The highest BCUT2D eigenvalue weighted by Gasteiger charge is 2.35. The predicted octanol–water partition coefficient (Wildman–Crippen LogP) is 3.19. The van der Waals surface area contributed by atoms with Crippen LogP contribution in [0.1, 0.15) is 53.9 Å². The lowest BCUT2D eigenvalue weighted by Crippen LogP contribution is -2.46. The Labute approximate surface area is 182 Å². The van der Waals surface area contributed by atoms with Gasteiger partial charge in [-0.15, -0.1) is 24.0 Å². The summed E-state index contributed by atoms with van der Waals surface area (Å²) in [7, 11) is 0. The van der Waals surface area contributed by atoms with Crippen molar-refractivity contribution in [2.24, 2.45) is 16.3 Å². The highest BCUT2D eigenvalue weighted by atomic mass is 127. The van der Waals surface area contributed by atoms with Crippen LogP contribution < -0.4 is 10.6 Å². The molecule has 0 saturated carbocycles. The van der Waals surface area contributed by atoms with Crippen LogP contribution in [0.4, 0.5) is 0 Å². The molecule has 4 unspecified atom stereocenters. The lowest BCUT2D eigenvalue weighted by Gasteiger charge is -2.39. The molecule has 0 aromatic carbocycles. The fourth-order valence-corrected chi connectivity index (χ4v) is 3.72. The van der Waals surface area contributed by atoms with Gasteiger partial charge in [0.05, 0.1) is 25.4 Å². The van der Waals surface area contributed by atoms with Crippen LogP contribution in [0.25, 0.3) is 0 Å². The summed E-state index contributed by atoms with van der Waals surface area (Å²) < 4.78 is 17.4. The summed E-state index contributed by atoms with van der Waals surface area (Å²) in [4.78, 5) is 4.85. The highest BCUT2D eigenvalue weighted by Crippen LogP contribution is 2.34. The van der Waals surface area contributed by atoms with Gasteiger partial charge in [-0.3, -0.25) is 4.99 Å². The Bertz CT molecular complexity index is 437. The number of halogens is 1. The molecular weight excluding hydrogens is 457 g/mol. The summed E-state index contributed by atoms with van der Waals surface area (Å²) >= 11 is 0. The number of rotatable bonds is 7. The zero-order valence-corrected chi connectivity index (χ0v) is 20.1. The van der Waals surface area contributed by atoms with Crippen molar-refractivity contribution in [1.29, 1.82) is 0 Å². The van der Waals surface area contributed by atoms with Gasteiger partial charge in [-0.05, 0) is 38.5 Å². The van der Waals surface area contributed by atoms with Crippen molar-refractivity contribution < 1.29 is 14.2 Å². The van der Waals surface area contributed by atoms with Crippen LogP contribution in [0.2, 0.25) is 0 Å². The number of guanidine groups is 1. The van der Waals surface area contributed by atoms with Crippen molar-refractivity contribution in [3.05, 3.63) is 0 Å². The van der Waals surface area contributed by atoms with Crippen molar-refractivity contribution in [3.63, 3.8) is 0 Å². The zero-order valence-electron chi connectivity index (χ0n) is 17.8. The van der Waals surface area contributed by atoms with E-state index in [1.165, 1.54) is 6.42 Å². The van der Waals surface area contributed by atoms with Crippen molar-refractivity contribution in [2.75, 3.05) is 39.5 Å². The maximum Gasteiger partial charge on any atom is 0.191 e. The van der Waals surface area contributed by atoms with Crippen molar-refractivity contribution in [3.8, 4) is 0 Å². The standard InChI is InChI=1S/C20H39N3O3.HI/c1-6-21-19(23-15(2)13-26-17-9-11-24-14-17)22-12-16-8-7-10-25-18(16)20(3,4)5;/h15-18H,6-14H2,1-5H3,(H2,21,22,23);1H. The minimum atomic E-state index is 0. The van der Waals surface area contributed by atoms with E-state index in [1.807, 2.05) is 0 Å². The van der Waals surface area contributed by atoms with E-state index >= 15 is 0 Å². The van der Waals surface area contributed by atoms with E-state index in [-0.39, 0.29) is 47.6 Å². The van der Waals surface area contributed by atoms with E-state index in [0.717, 1.165) is 51.7 Å². The summed E-state index contributed by atoms with van der Waals surface area (Å²) in [5.74, 6) is 1.34. The number of ether oxygens (including phenoxy) is 3. The summed E-state index contributed by atoms with van der Waals surface area (Å²) in [6, 6.07) is 0.203. The third-order valence-corrected chi connectivity index (χ3v) is 4.98. The van der Waals surface area contributed by atoms with E-state index in [4.69, 9.17) is 19.2 Å². The smallest absolute Gasteiger partial charge is 0.191 e. The van der Waals surface area contributed by atoms with Crippen molar-refractivity contribution >= 4 is 29.9 Å². The molecule has 2 aliphatic rings. The van der Waals surface area contributed by atoms with Gasteiger partial charge in [0, 0.05) is 38.3 Å². The highest BCUT2D eigenvalue weighted by molar-refractivity contribution is 14.0. The summed E-state index contributed by atoms with van der Waals surface area (Å²) in [6.07, 6.45) is 3.82. The maximum atomic E-state index is 6.08. The Kier molecular flexibility index (Phi) is 11.5.